The summed E-state index contributed by atoms with van der Waals surface area (Å²) in [5.41, 5.74) is 1.47. The van der Waals surface area contributed by atoms with Gasteiger partial charge in [-0.05, 0) is 30.0 Å². The highest BCUT2D eigenvalue weighted by atomic mass is 16.2. The molecule has 142 valence electrons. The second kappa shape index (κ2) is 7.22. The minimum Gasteiger partial charge on any atom is -0.325 e. The number of aryl methyl sites for hydroxylation is 1. The van der Waals surface area contributed by atoms with E-state index in [0.717, 1.165) is 11.0 Å². The van der Waals surface area contributed by atoms with Gasteiger partial charge in [-0.15, -0.1) is 0 Å². The van der Waals surface area contributed by atoms with Crippen molar-refractivity contribution in [3.63, 3.8) is 0 Å². The highest BCUT2D eigenvalue weighted by Gasteiger charge is 2.16. The van der Waals surface area contributed by atoms with Gasteiger partial charge in [0.2, 0.25) is 5.91 Å². The maximum atomic E-state index is 12.4. The number of carbonyl (C=O) groups excluding carboxylic acids is 1. The third-order valence-corrected chi connectivity index (χ3v) is 4.91. The zero-order valence-electron chi connectivity index (χ0n) is 15.9. The predicted octanol–water partition coefficient (Wildman–Crippen LogP) is 1.59. The molecule has 1 N–H and O–H groups in total. The van der Waals surface area contributed by atoms with E-state index in [9.17, 15) is 14.4 Å². The lowest BCUT2D eigenvalue weighted by Crippen LogP contribution is -2.37. The summed E-state index contributed by atoms with van der Waals surface area (Å²) in [6, 6.07) is 7.74. The van der Waals surface area contributed by atoms with Gasteiger partial charge in [0.1, 0.15) is 6.54 Å². The monoisotopic (exact) mass is 369 g/mol. The molecule has 27 heavy (non-hydrogen) atoms. The SMILES string of the molecule is CC[C@H](C)c1ccc(NC(=O)Cn2cnc3c2c(=O)n(C)c(=O)n3C)cc1. The largest absolute Gasteiger partial charge is 0.332 e. The van der Waals surface area contributed by atoms with Gasteiger partial charge < -0.3 is 9.88 Å². The van der Waals surface area contributed by atoms with Gasteiger partial charge in [0, 0.05) is 19.8 Å². The molecule has 0 aliphatic rings. The maximum absolute atomic E-state index is 12.4. The number of amides is 1. The van der Waals surface area contributed by atoms with E-state index >= 15 is 0 Å². The summed E-state index contributed by atoms with van der Waals surface area (Å²) in [4.78, 5) is 40.9. The second-order valence-electron chi connectivity index (χ2n) is 6.73. The molecule has 8 nitrogen and oxygen atoms in total. The molecule has 1 amide bonds. The van der Waals surface area contributed by atoms with Crippen LogP contribution in [0.5, 0.6) is 0 Å². The predicted molar refractivity (Wildman–Crippen MR) is 104 cm³/mol. The molecule has 1 atom stereocenters. The number of nitrogens with zero attached hydrogens (tertiary/aromatic N) is 4. The number of benzene rings is 1. The molecule has 0 aliphatic heterocycles. The van der Waals surface area contributed by atoms with Crippen molar-refractivity contribution in [3.8, 4) is 0 Å². The van der Waals surface area contributed by atoms with Crippen LogP contribution in [-0.2, 0) is 25.4 Å². The van der Waals surface area contributed by atoms with Gasteiger partial charge in [0.25, 0.3) is 5.56 Å². The van der Waals surface area contributed by atoms with E-state index in [1.807, 2.05) is 24.3 Å². The summed E-state index contributed by atoms with van der Waals surface area (Å²) in [5, 5.41) is 2.82. The maximum Gasteiger partial charge on any atom is 0.332 e. The molecule has 3 aromatic rings. The molecular weight excluding hydrogens is 346 g/mol. The zero-order chi connectivity index (χ0) is 19.7. The average molecular weight is 369 g/mol. The van der Waals surface area contributed by atoms with Gasteiger partial charge in [-0.3, -0.25) is 18.7 Å². The molecule has 0 saturated carbocycles. The van der Waals surface area contributed by atoms with Crippen LogP contribution in [0.2, 0.25) is 0 Å². The van der Waals surface area contributed by atoms with Gasteiger partial charge in [-0.2, -0.15) is 0 Å². The lowest BCUT2D eigenvalue weighted by atomic mass is 9.99. The zero-order valence-corrected chi connectivity index (χ0v) is 15.9. The molecule has 1 aromatic carbocycles. The molecule has 8 heteroatoms. The fourth-order valence-corrected chi connectivity index (χ4v) is 3.00. The van der Waals surface area contributed by atoms with Crippen LogP contribution in [0.4, 0.5) is 5.69 Å². The summed E-state index contributed by atoms with van der Waals surface area (Å²) >= 11 is 0. The first-order valence-electron chi connectivity index (χ1n) is 8.84. The first-order chi connectivity index (χ1) is 12.8. The van der Waals surface area contributed by atoms with E-state index in [1.54, 1.807) is 7.05 Å². The van der Waals surface area contributed by atoms with E-state index < -0.39 is 11.2 Å². The topological polar surface area (TPSA) is 90.9 Å². The van der Waals surface area contributed by atoms with E-state index in [0.29, 0.717) is 11.6 Å². The number of nitrogens with one attached hydrogen (secondary N) is 1. The quantitative estimate of drug-likeness (QED) is 0.739. The Hall–Kier alpha value is -3.16. The van der Waals surface area contributed by atoms with Gasteiger partial charge in [0.05, 0.1) is 6.33 Å². The first kappa shape index (κ1) is 18.6. The fraction of sp³-hybridized carbons (Fsp3) is 0.368. The first-order valence-corrected chi connectivity index (χ1v) is 8.84. The van der Waals surface area contributed by atoms with E-state index in [1.165, 1.54) is 28.1 Å². The van der Waals surface area contributed by atoms with Gasteiger partial charge in [-0.1, -0.05) is 26.0 Å². The Bertz CT molecular complexity index is 1110. The fourth-order valence-electron chi connectivity index (χ4n) is 3.00. The summed E-state index contributed by atoms with van der Waals surface area (Å²) < 4.78 is 3.75. The molecule has 0 radical (unpaired) electrons. The molecule has 0 unspecified atom stereocenters. The Morgan fingerprint density at radius 1 is 1.15 bits per heavy atom. The number of aromatic nitrogens is 4. The van der Waals surface area contributed by atoms with Crippen molar-refractivity contribution in [2.45, 2.75) is 32.7 Å². The molecule has 0 aliphatic carbocycles. The average Bonchev–Trinajstić information content (AvgIpc) is 3.08. The molecule has 0 saturated heterocycles. The van der Waals surface area contributed by atoms with Crippen molar-refractivity contribution in [1.82, 2.24) is 18.7 Å². The highest BCUT2D eigenvalue weighted by Crippen LogP contribution is 2.20. The van der Waals surface area contributed by atoms with Gasteiger partial charge >= 0.3 is 5.69 Å². The lowest BCUT2D eigenvalue weighted by Gasteiger charge is -2.11. The van der Waals surface area contributed by atoms with Crippen molar-refractivity contribution in [2.24, 2.45) is 14.1 Å². The molecule has 0 fully saturated rings. The molecule has 0 bridgehead atoms. The Labute approximate surface area is 156 Å². The third kappa shape index (κ3) is 3.42. The number of hydrogen-bond donors (Lipinski definition) is 1. The molecule has 2 heterocycles. The van der Waals surface area contributed by atoms with Crippen molar-refractivity contribution in [2.75, 3.05) is 5.32 Å². The Kier molecular flexibility index (Phi) is 4.98. The van der Waals surface area contributed by atoms with Crippen LogP contribution in [0, 0.1) is 0 Å². The summed E-state index contributed by atoms with van der Waals surface area (Å²) in [6.07, 6.45) is 2.45. The number of rotatable bonds is 5. The second-order valence-corrected chi connectivity index (χ2v) is 6.73. The summed E-state index contributed by atoms with van der Waals surface area (Å²) in [6.45, 7) is 4.22. The minimum absolute atomic E-state index is 0.0724. The number of anilines is 1. The van der Waals surface area contributed by atoms with E-state index in [4.69, 9.17) is 0 Å². The van der Waals surface area contributed by atoms with Crippen LogP contribution < -0.4 is 16.6 Å². The third-order valence-electron chi connectivity index (χ3n) is 4.91. The van der Waals surface area contributed by atoms with Crippen molar-refractivity contribution >= 4 is 22.8 Å². The van der Waals surface area contributed by atoms with Crippen molar-refractivity contribution in [3.05, 3.63) is 57.0 Å². The van der Waals surface area contributed by atoms with Crippen LogP contribution in [-0.4, -0.2) is 24.6 Å². The van der Waals surface area contributed by atoms with E-state index in [2.05, 4.69) is 24.1 Å². The standard InChI is InChI=1S/C19H23N5O3/c1-5-12(2)13-6-8-14(9-7-13)21-15(25)10-24-11-20-17-16(24)18(26)23(4)19(27)22(17)3/h6-9,11-12H,5,10H2,1-4H3,(H,21,25)/t12-/m0/s1. The molecule has 2 aromatic heterocycles. The Morgan fingerprint density at radius 2 is 1.81 bits per heavy atom. The number of carbonyl (C=O) groups is 1. The normalized spacial score (nSPS) is 12.3. The van der Waals surface area contributed by atoms with Crippen molar-refractivity contribution < 1.29 is 4.79 Å². The van der Waals surface area contributed by atoms with E-state index in [-0.39, 0.29) is 23.6 Å². The van der Waals surface area contributed by atoms with Crippen LogP contribution in [0.1, 0.15) is 31.7 Å². The van der Waals surface area contributed by atoms with Crippen molar-refractivity contribution in [1.29, 1.82) is 0 Å². The smallest absolute Gasteiger partial charge is 0.325 e. The number of hydrogen-bond acceptors (Lipinski definition) is 4. The van der Waals surface area contributed by atoms with Crippen LogP contribution in [0.15, 0.2) is 40.2 Å². The molecular formula is C19H23N5O3. The summed E-state index contributed by atoms with van der Waals surface area (Å²) in [5.74, 6) is 0.191. The van der Waals surface area contributed by atoms with Crippen LogP contribution >= 0.6 is 0 Å². The number of fused-ring (bicyclic) bond motifs is 1. The highest BCUT2D eigenvalue weighted by molar-refractivity contribution is 5.91. The minimum atomic E-state index is -0.476. The summed E-state index contributed by atoms with van der Waals surface area (Å²) in [7, 11) is 2.95. The Balaban J connectivity index is 1.83. The molecule has 3 rings (SSSR count). The number of imidazole rings is 1. The Morgan fingerprint density at radius 3 is 2.44 bits per heavy atom. The van der Waals surface area contributed by atoms with Crippen LogP contribution in [0.3, 0.4) is 0 Å². The van der Waals surface area contributed by atoms with Gasteiger partial charge in [0.15, 0.2) is 11.2 Å². The van der Waals surface area contributed by atoms with Crippen LogP contribution in [0.25, 0.3) is 11.2 Å². The molecule has 0 spiro atoms. The lowest BCUT2D eigenvalue weighted by molar-refractivity contribution is -0.116. The van der Waals surface area contributed by atoms with Gasteiger partial charge in [-0.25, -0.2) is 9.78 Å².